The minimum absolute atomic E-state index is 0.0691. The number of hydrogen-bond donors (Lipinski definition) is 2. The Morgan fingerprint density at radius 1 is 1.19 bits per heavy atom. The number of amides is 1. The van der Waals surface area contributed by atoms with E-state index in [-0.39, 0.29) is 5.91 Å². The number of aryl methyl sites for hydroxylation is 1. The Morgan fingerprint density at radius 2 is 1.90 bits per heavy atom. The summed E-state index contributed by atoms with van der Waals surface area (Å²) in [6, 6.07) is 11.9. The highest BCUT2D eigenvalue weighted by Gasteiger charge is 2.08. The SMILES string of the molecule is CCc1ccc(CNC(=O)c2ccc(C#CCN)s2)cc1. The lowest BCUT2D eigenvalue weighted by molar-refractivity contribution is 0.0955. The second-order valence-electron chi connectivity index (χ2n) is 4.52. The molecule has 0 radical (unpaired) electrons. The number of nitrogens with one attached hydrogen (secondary N) is 1. The molecule has 3 N–H and O–H groups in total. The average molecular weight is 298 g/mol. The van der Waals surface area contributed by atoms with Crippen LogP contribution in [0.3, 0.4) is 0 Å². The molecule has 0 saturated carbocycles. The molecule has 0 aliphatic rings. The molecule has 1 amide bonds. The van der Waals surface area contributed by atoms with Gasteiger partial charge in [-0.15, -0.1) is 11.3 Å². The van der Waals surface area contributed by atoms with Gasteiger partial charge in [0.05, 0.1) is 16.3 Å². The molecule has 1 heterocycles. The molecule has 108 valence electrons. The van der Waals surface area contributed by atoms with Crippen molar-refractivity contribution in [2.75, 3.05) is 6.54 Å². The summed E-state index contributed by atoms with van der Waals surface area (Å²) in [4.78, 5) is 13.6. The molecular formula is C17H18N2OS. The number of hydrogen-bond acceptors (Lipinski definition) is 3. The third-order valence-corrected chi connectivity index (χ3v) is 4.03. The van der Waals surface area contributed by atoms with Crippen LogP contribution in [0.5, 0.6) is 0 Å². The maximum atomic E-state index is 12.1. The van der Waals surface area contributed by atoms with Crippen molar-refractivity contribution in [1.82, 2.24) is 5.32 Å². The molecule has 0 unspecified atom stereocenters. The molecule has 0 aliphatic carbocycles. The Balaban J connectivity index is 1.93. The summed E-state index contributed by atoms with van der Waals surface area (Å²) < 4.78 is 0. The Morgan fingerprint density at radius 3 is 2.57 bits per heavy atom. The Hall–Kier alpha value is -2.09. The summed E-state index contributed by atoms with van der Waals surface area (Å²) in [7, 11) is 0. The van der Waals surface area contributed by atoms with E-state index in [1.165, 1.54) is 16.9 Å². The average Bonchev–Trinajstić information content (AvgIpc) is 3.00. The molecule has 0 fully saturated rings. The zero-order chi connectivity index (χ0) is 15.1. The molecule has 21 heavy (non-hydrogen) atoms. The second kappa shape index (κ2) is 7.63. The van der Waals surface area contributed by atoms with Gasteiger partial charge in [-0.1, -0.05) is 43.0 Å². The van der Waals surface area contributed by atoms with Crippen LogP contribution in [-0.2, 0) is 13.0 Å². The largest absolute Gasteiger partial charge is 0.347 e. The number of thiophene rings is 1. The van der Waals surface area contributed by atoms with Gasteiger partial charge in [-0.2, -0.15) is 0 Å². The maximum Gasteiger partial charge on any atom is 0.261 e. The zero-order valence-corrected chi connectivity index (χ0v) is 12.8. The van der Waals surface area contributed by atoms with Gasteiger partial charge in [-0.3, -0.25) is 4.79 Å². The minimum Gasteiger partial charge on any atom is -0.347 e. The van der Waals surface area contributed by atoms with Crippen LogP contribution < -0.4 is 11.1 Å². The fraction of sp³-hybridized carbons (Fsp3) is 0.235. The molecule has 2 rings (SSSR count). The molecule has 2 aromatic rings. The lowest BCUT2D eigenvalue weighted by Gasteiger charge is -2.04. The van der Waals surface area contributed by atoms with E-state index in [0.29, 0.717) is 18.0 Å². The molecule has 0 bridgehead atoms. The topological polar surface area (TPSA) is 55.1 Å². The van der Waals surface area contributed by atoms with Crippen LogP contribution in [0.4, 0.5) is 0 Å². The van der Waals surface area contributed by atoms with E-state index in [1.807, 2.05) is 18.2 Å². The first kappa shape index (κ1) is 15.3. The molecule has 3 nitrogen and oxygen atoms in total. The lowest BCUT2D eigenvalue weighted by Crippen LogP contribution is -2.21. The van der Waals surface area contributed by atoms with Crippen molar-refractivity contribution >= 4 is 17.2 Å². The van der Waals surface area contributed by atoms with E-state index in [0.717, 1.165) is 16.9 Å². The lowest BCUT2D eigenvalue weighted by atomic mass is 10.1. The predicted molar refractivity (Wildman–Crippen MR) is 87.2 cm³/mol. The van der Waals surface area contributed by atoms with Gasteiger partial charge >= 0.3 is 0 Å². The standard InChI is InChI=1S/C17H18N2OS/c1-2-13-5-7-14(8-6-13)12-19-17(20)16-10-9-15(21-16)4-3-11-18/h5-10H,2,11-12,18H2,1H3,(H,19,20). The van der Waals surface area contributed by atoms with Crippen molar-refractivity contribution in [1.29, 1.82) is 0 Å². The van der Waals surface area contributed by atoms with Crippen LogP contribution in [-0.4, -0.2) is 12.5 Å². The highest BCUT2D eigenvalue weighted by molar-refractivity contribution is 7.14. The van der Waals surface area contributed by atoms with Crippen LogP contribution in [0.15, 0.2) is 36.4 Å². The van der Waals surface area contributed by atoms with Crippen LogP contribution in [0.1, 0.15) is 32.6 Å². The number of nitrogens with two attached hydrogens (primary N) is 1. The first-order valence-corrected chi connectivity index (χ1v) is 7.69. The Kier molecular flexibility index (Phi) is 5.56. The van der Waals surface area contributed by atoms with Gasteiger partial charge in [0.15, 0.2) is 0 Å². The highest BCUT2D eigenvalue weighted by atomic mass is 32.1. The van der Waals surface area contributed by atoms with E-state index in [4.69, 9.17) is 5.73 Å². The molecule has 1 aromatic carbocycles. The smallest absolute Gasteiger partial charge is 0.261 e. The Labute approximate surface area is 129 Å². The van der Waals surface area contributed by atoms with Crippen molar-refractivity contribution in [3.05, 3.63) is 57.3 Å². The van der Waals surface area contributed by atoms with E-state index < -0.39 is 0 Å². The van der Waals surface area contributed by atoms with Gasteiger partial charge in [-0.25, -0.2) is 0 Å². The van der Waals surface area contributed by atoms with Gasteiger partial charge in [0.2, 0.25) is 0 Å². The normalized spacial score (nSPS) is 9.81. The van der Waals surface area contributed by atoms with Gasteiger partial charge in [-0.05, 0) is 29.7 Å². The fourth-order valence-corrected chi connectivity index (χ4v) is 2.62. The fourth-order valence-electron chi connectivity index (χ4n) is 1.83. The van der Waals surface area contributed by atoms with Crippen LogP contribution >= 0.6 is 11.3 Å². The summed E-state index contributed by atoms with van der Waals surface area (Å²) >= 11 is 1.38. The first-order valence-electron chi connectivity index (χ1n) is 6.87. The van der Waals surface area contributed by atoms with Crippen molar-refractivity contribution in [3.63, 3.8) is 0 Å². The zero-order valence-electron chi connectivity index (χ0n) is 12.0. The quantitative estimate of drug-likeness (QED) is 0.852. The van der Waals surface area contributed by atoms with E-state index in [1.54, 1.807) is 6.07 Å². The second-order valence-corrected chi connectivity index (χ2v) is 5.61. The molecule has 0 saturated heterocycles. The molecule has 0 aliphatic heterocycles. The van der Waals surface area contributed by atoms with E-state index >= 15 is 0 Å². The minimum atomic E-state index is -0.0691. The third kappa shape index (κ3) is 4.45. The highest BCUT2D eigenvalue weighted by Crippen LogP contribution is 2.15. The number of benzene rings is 1. The molecule has 4 heteroatoms. The van der Waals surface area contributed by atoms with Gasteiger partial charge in [0, 0.05) is 6.54 Å². The summed E-state index contributed by atoms with van der Waals surface area (Å²) in [6.45, 7) is 2.98. The van der Waals surface area contributed by atoms with Gasteiger partial charge in [0.25, 0.3) is 5.91 Å². The summed E-state index contributed by atoms with van der Waals surface area (Å²) in [5, 5.41) is 2.92. The summed E-state index contributed by atoms with van der Waals surface area (Å²) in [6.07, 6.45) is 1.02. The first-order chi connectivity index (χ1) is 10.2. The van der Waals surface area contributed by atoms with Crippen molar-refractivity contribution in [3.8, 4) is 11.8 Å². The molecule has 0 atom stereocenters. The van der Waals surface area contributed by atoms with Crippen molar-refractivity contribution in [2.45, 2.75) is 19.9 Å². The maximum absolute atomic E-state index is 12.1. The Bertz CT molecular complexity index is 662. The van der Waals surface area contributed by atoms with Crippen LogP contribution in [0, 0.1) is 11.8 Å². The molecular weight excluding hydrogens is 280 g/mol. The number of rotatable bonds is 4. The van der Waals surface area contributed by atoms with E-state index in [9.17, 15) is 4.79 Å². The molecule has 1 aromatic heterocycles. The van der Waals surface area contributed by atoms with Crippen LogP contribution in [0.25, 0.3) is 0 Å². The number of carbonyl (C=O) groups excluding carboxylic acids is 1. The summed E-state index contributed by atoms with van der Waals surface area (Å²) in [5.74, 6) is 5.64. The third-order valence-electron chi connectivity index (χ3n) is 3.03. The van der Waals surface area contributed by atoms with E-state index in [2.05, 4.69) is 36.2 Å². The van der Waals surface area contributed by atoms with Gasteiger partial charge < -0.3 is 11.1 Å². The monoisotopic (exact) mass is 298 g/mol. The van der Waals surface area contributed by atoms with Crippen LogP contribution in [0.2, 0.25) is 0 Å². The predicted octanol–water partition coefficient (Wildman–Crippen LogP) is 2.55. The summed E-state index contributed by atoms with van der Waals surface area (Å²) in [5.41, 5.74) is 7.72. The van der Waals surface area contributed by atoms with Crippen molar-refractivity contribution < 1.29 is 4.79 Å². The number of carbonyl (C=O) groups is 1. The van der Waals surface area contributed by atoms with Gasteiger partial charge in [0.1, 0.15) is 0 Å². The molecule has 0 spiro atoms. The van der Waals surface area contributed by atoms with Crippen molar-refractivity contribution in [2.24, 2.45) is 5.73 Å².